The van der Waals surface area contributed by atoms with E-state index < -0.39 is 6.09 Å². The summed E-state index contributed by atoms with van der Waals surface area (Å²) < 4.78 is 15.3. The lowest BCUT2D eigenvalue weighted by Crippen LogP contribution is -2.52. The zero-order chi connectivity index (χ0) is 45.5. The molecule has 0 saturated carbocycles. The van der Waals surface area contributed by atoms with E-state index in [-0.39, 0.29) is 42.6 Å². The Kier molecular flexibility index (Phi) is 13.1. The zero-order valence-electron chi connectivity index (χ0n) is 37.9. The zero-order valence-corrected chi connectivity index (χ0v) is 38.7. The monoisotopic (exact) mass is 907 g/mol. The van der Waals surface area contributed by atoms with E-state index in [1.165, 1.54) is 17.7 Å². The summed E-state index contributed by atoms with van der Waals surface area (Å²) in [5, 5.41) is 20.1. The molecule has 3 amide bonds. The Hall–Kier alpha value is -6.85. The fraction of sp³-hybridized carbons (Fsp3) is 0.308. The molecule has 5 heterocycles. The van der Waals surface area contributed by atoms with Gasteiger partial charge in [0.05, 0.1) is 24.5 Å². The van der Waals surface area contributed by atoms with Crippen LogP contribution in [0.25, 0.3) is 11.3 Å². The highest BCUT2D eigenvalue weighted by Crippen LogP contribution is 2.39. The maximum Gasteiger partial charge on any atom is 0.415 e. The number of fused-ring (bicyclic) bond motifs is 2. The summed E-state index contributed by atoms with van der Waals surface area (Å²) in [6.45, 7) is 10.4. The van der Waals surface area contributed by atoms with Gasteiger partial charge in [0, 0.05) is 93.3 Å². The number of para-hydroxylation sites is 1. The second kappa shape index (κ2) is 18.9. The topological polar surface area (TPSA) is 137 Å². The molecule has 0 unspecified atom stereocenters. The molecular formula is C52H54ClN7O6. The standard InChI is InChI=1S/C52H53N7O6.ClH/c1-33-10-6-9-13-49(33)65-52(63)57-19-18-37-25-45(46(26-39(37)30-57)50(61)58-31-38-12-8-7-11-36(38)24-42(58)32-56-20-22-64-23-21-56)48-28-44(34(2)55(48)5)51(62)59(40-14-16-43(60)17-15-40)47-27-41(29-53)54(4)35(47)3;/h6-17,25-28,42,60H,18-24,30-32H2,1-5H3;1H/t42-;/m0./s1. The van der Waals surface area contributed by atoms with Gasteiger partial charge >= 0.3 is 6.09 Å². The number of nitriles is 1. The largest absolute Gasteiger partial charge is 0.508 e. The van der Waals surface area contributed by atoms with Crippen LogP contribution in [0.1, 0.15) is 65.6 Å². The highest BCUT2D eigenvalue weighted by molar-refractivity contribution is 6.13. The number of nitrogens with zero attached hydrogens (tertiary/aromatic N) is 7. The van der Waals surface area contributed by atoms with Gasteiger partial charge < -0.3 is 33.5 Å². The number of aromatic hydroxyl groups is 1. The van der Waals surface area contributed by atoms with Crippen LogP contribution in [0.2, 0.25) is 0 Å². The lowest BCUT2D eigenvalue weighted by atomic mass is 9.89. The third-order valence-corrected chi connectivity index (χ3v) is 13.5. The summed E-state index contributed by atoms with van der Waals surface area (Å²) in [6.07, 6.45) is 0.795. The second-order valence-electron chi connectivity index (χ2n) is 17.4. The number of benzene rings is 4. The van der Waals surface area contributed by atoms with E-state index in [1.54, 1.807) is 45.7 Å². The Balaban J connectivity index is 0.00000592. The van der Waals surface area contributed by atoms with Crippen LogP contribution in [0, 0.1) is 32.1 Å². The first-order chi connectivity index (χ1) is 31.4. The highest BCUT2D eigenvalue weighted by Gasteiger charge is 2.36. The smallest absolute Gasteiger partial charge is 0.415 e. The number of phenolic OH excluding ortho intramolecular Hbond substituents is 1. The minimum Gasteiger partial charge on any atom is -0.508 e. The predicted molar refractivity (Wildman–Crippen MR) is 255 cm³/mol. The number of hydrogen-bond acceptors (Lipinski definition) is 8. The van der Waals surface area contributed by atoms with E-state index in [1.807, 2.05) is 73.7 Å². The number of carbonyl (C=O) groups excluding carboxylic acids is 3. The number of rotatable bonds is 8. The molecule has 1 saturated heterocycles. The van der Waals surface area contributed by atoms with Crippen molar-refractivity contribution in [2.75, 3.05) is 44.3 Å². The van der Waals surface area contributed by atoms with E-state index in [2.05, 4.69) is 35.2 Å². The van der Waals surface area contributed by atoms with Crippen molar-refractivity contribution in [3.05, 3.63) is 153 Å². The summed E-state index contributed by atoms with van der Waals surface area (Å²) >= 11 is 0. The number of amides is 3. The fourth-order valence-electron chi connectivity index (χ4n) is 9.49. The molecule has 6 aromatic rings. The normalized spacial score (nSPS) is 15.8. The van der Waals surface area contributed by atoms with Crippen molar-refractivity contribution in [3.63, 3.8) is 0 Å². The van der Waals surface area contributed by atoms with Crippen LogP contribution < -0.4 is 9.64 Å². The number of aromatic nitrogens is 2. The van der Waals surface area contributed by atoms with Crippen molar-refractivity contribution in [1.29, 1.82) is 5.26 Å². The third-order valence-electron chi connectivity index (χ3n) is 13.5. The number of halogens is 1. The van der Waals surface area contributed by atoms with Gasteiger partial charge in [0.25, 0.3) is 11.8 Å². The van der Waals surface area contributed by atoms with Crippen LogP contribution in [0.3, 0.4) is 0 Å². The van der Waals surface area contributed by atoms with Crippen LogP contribution in [-0.4, -0.2) is 92.3 Å². The van der Waals surface area contributed by atoms with Gasteiger partial charge in [0.15, 0.2) is 0 Å². The molecule has 340 valence electrons. The average Bonchev–Trinajstić information content (AvgIpc) is 3.78. The third kappa shape index (κ3) is 8.67. The van der Waals surface area contributed by atoms with Crippen molar-refractivity contribution in [2.45, 2.75) is 52.7 Å². The molecule has 1 atom stereocenters. The van der Waals surface area contributed by atoms with Gasteiger partial charge in [0.1, 0.15) is 23.3 Å². The molecule has 66 heavy (non-hydrogen) atoms. The number of carbonyl (C=O) groups is 3. The Morgan fingerprint density at radius 2 is 1.52 bits per heavy atom. The van der Waals surface area contributed by atoms with Crippen LogP contribution in [0.15, 0.2) is 97.1 Å². The second-order valence-corrected chi connectivity index (χ2v) is 17.4. The first-order valence-corrected chi connectivity index (χ1v) is 22.1. The maximum absolute atomic E-state index is 15.6. The van der Waals surface area contributed by atoms with Gasteiger partial charge in [-0.05, 0) is 116 Å². The average molecular weight is 908 g/mol. The number of morpholine rings is 1. The first-order valence-electron chi connectivity index (χ1n) is 22.1. The first kappa shape index (κ1) is 45.7. The van der Waals surface area contributed by atoms with Crippen molar-refractivity contribution < 1.29 is 29.0 Å². The molecule has 0 bridgehead atoms. The van der Waals surface area contributed by atoms with Crippen molar-refractivity contribution in [1.82, 2.24) is 23.8 Å². The van der Waals surface area contributed by atoms with Crippen molar-refractivity contribution in [3.8, 4) is 28.8 Å². The van der Waals surface area contributed by atoms with Gasteiger partial charge in [-0.25, -0.2) is 4.79 Å². The van der Waals surface area contributed by atoms with E-state index >= 15 is 9.59 Å². The minimum absolute atomic E-state index is 0. The summed E-state index contributed by atoms with van der Waals surface area (Å²) in [7, 11) is 3.69. The highest BCUT2D eigenvalue weighted by atomic mass is 35.5. The van der Waals surface area contributed by atoms with E-state index in [9.17, 15) is 15.2 Å². The molecule has 2 aromatic heterocycles. The Morgan fingerprint density at radius 3 is 2.23 bits per heavy atom. The number of hydrogen-bond donors (Lipinski definition) is 1. The number of ether oxygens (including phenoxy) is 2. The molecule has 1 fully saturated rings. The fourth-order valence-corrected chi connectivity index (χ4v) is 9.49. The summed E-state index contributed by atoms with van der Waals surface area (Å²) in [5.74, 6) is 0.103. The SMILES string of the molecule is Cc1ccccc1OC(=O)N1CCc2cc(-c3cc(C(=O)N(c4ccc(O)cc4)c4cc(C#N)n(C)c4C)c(C)n3C)c(C(=O)N3Cc4ccccc4C[C@H]3CN3CCOCC3)cc2C1.Cl. The minimum atomic E-state index is -0.449. The molecule has 9 rings (SSSR count). The Morgan fingerprint density at radius 1 is 0.803 bits per heavy atom. The molecule has 1 N–H and O–H groups in total. The van der Waals surface area contributed by atoms with Gasteiger partial charge in [-0.3, -0.25) is 19.4 Å². The summed E-state index contributed by atoms with van der Waals surface area (Å²) in [6, 6.07) is 31.9. The summed E-state index contributed by atoms with van der Waals surface area (Å²) in [4.78, 5) is 52.1. The number of aryl methyl sites for hydroxylation is 1. The molecule has 3 aliphatic rings. The van der Waals surface area contributed by atoms with Gasteiger partial charge in [-0.1, -0.05) is 42.5 Å². The maximum atomic E-state index is 15.6. The predicted octanol–water partition coefficient (Wildman–Crippen LogP) is 8.39. The Bertz CT molecular complexity index is 2870. The molecule has 4 aromatic carbocycles. The van der Waals surface area contributed by atoms with Crippen LogP contribution in [-0.2, 0) is 44.8 Å². The van der Waals surface area contributed by atoms with Crippen LogP contribution in [0.4, 0.5) is 16.2 Å². The number of anilines is 2. The van der Waals surface area contributed by atoms with Gasteiger partial charge in [-0.15, -0.1) is 12.4 Å². The lowest BCUT2D eigenvalue weighted by Gasteiger charge is -2.41. The van der Waals surface area contributed by atoms with Crippen molar-refractivity contribution in [2.24, 2.45) is 14.1 Å². The molecule has 14 heteroatoms. The van der Waals surface area contributed by atoms with Crippen LogP contribution >= 0.6 is 12.4 Å². The molecule has 0 spiro atoms. The van der Waals surface area contributed by atoms with Gasteiger partial charge in [-0.2, -0.15) is 5.26 Å². The van der Waals surface area contributed by atoms with Gasteiger partial charge in [0.2, 0.25) is 0 Å². The molecule has 0 aliphatic carbocycles. The lowest BCUT2D eigenvalue weighted by molar-refractivity contribution is 0.0193. The van der Waals surface area contributed by atoms with E-state index in [0.29, 0.717) is 102 Å². The van der Waals surface area contributed by atoms with Crippen LogP contribution in [0.5, 0.6) is 11.5 Å². The van der Waals surface area contributed by atoms with E-state index in [4.69, 9.17) is 9.47 Å². The Labute approximate surface area is 391 Å². The number of phenols is 1. The molecule has 13 nitrogen and oxygen atoms in total. The summed E-state index contributed by atoms with van der Waals surface area (Å²) in [5.41, 5.74) is 10.2. The molecule has 0 radical (unpaired) electrons. The quantitative estimate of drug-likeness (QED) is 0.161. The molecule has 3 aliphatic heterocycles. The van der Waals surface area contributed by atoms with Crippen molar-refractivity contribution >= 4 is 41.7 Å². The molecular weight excluding hydrogens is 854 g/mol. The van der Waals surface area contributed by atoms with E-state index in [0.717, 1.165) is 35.3 Å².